The van der Waals surface area contributed by atoms with Gasteiger partial charge in [-0.3, -0.25) is 9.59 Å². The molecule has 0 aromatic heterocycles. The Morgan fingerprint density at radius 1 is 1.00 bits per heavy atom. The summed E-state index contributed by atoms with van der Waals surface area (Å²) in [6.07, 6.45) is 4.65. The summed E-state index contributed by atoms with van der Waals surface area (Å²) in [5, 5.41) is 0. The van der Waals surface area contributed by atoms with Crippen molar-refractivity contribution in [1.82, 2.24) is 0 Å². The second kappa shape index (κ2) is 13.6. The summed E-state index contributed by atoms with van der Waals surface area (Å²) < 4.78 is 27.3. The summed E-state index contributed by atoms with van der Waals surface area (Å²) >= 11 is 0. The number of Topliss-reactive ketones (excluding diaryl/α,β-unsaturated/α-hetero) is 2. The van der Waals surface area contributed by atoms with E-state index in [0.717, 1.165) is 18.9 Å². The highest BCUT2D eigenvalue weighted by molar-refractivity contribution is 6.05. The Kier molecular flexibility index (Phi) is 12.4. The zero-order valence-corrected chi connectivity index (χ0v) is 20.4. The summed E-state index contributed by atoms with van der Waals surface area (Å²) in [4.78, 5) is 22.6. The van der Waals surface area contributed by atoms with Gasteiger partial charge in [0.2, 0.25) is 0 Å². The third-order valence-electron chi connectivity index (χ3n) is 4.91. The Morgan fingerprint density at radius 3 is 1.91 bits per heavy atom. The Morgan fingerprint density at radius 2 is 1.50 bits per heavy atom. The molecule has 1 rings (SSSR count). The zero-order valence-electron chi connectivity index (χ0n) is 20.4. The molecule has 0 saturated heterocycles. The first-order valence-corrected chi connectivity index (χ1v) is 10.8. The molecule has 0 radical (unpaired) electrons. The molecule has 2 N–H and O–H groups in total. The molecular formula is C27H37F2NO2. The predicted molar refractivity (Wildman–Crippen MR) is 130 cm³/mol. The van der Waals surface area contributed by atoms with Crippen molar-refractivity contribution in [3.63, 3.8) is 0 Å². The molecule has 0 heterocycles. The Labute approximate surface area is 191 Å². The van der Waals surface area contributed by atoms with Crippen molar-refractivity contribution in [1.29, 1.82) is 0 Å². The van der Waals surface area contributed by atoms with Crippen LogP contribution < -0.4 is 5.73 Å². The van der Waals surface area contributed by atoms with Crippen molar-refractivity contribution in [2.24, 2.45) is 5.73 Å². The number of carbonyl (C=O) groups is 2. The topological polar surface area (TPSA) is 60.2 Å². The lowest BCUT2D eigenvalue weighted by Gasteiger charge is -2.18. The smallest absolute Gasteiger partial charge is 0.271 e. The van der Waals surface area contributed by atoms with E-state index in [1.54, 1.807) is 32.9 Å². The molecule has 0 atom stereocenters. The molecule has 0 spiro atoms. The van der Waals surface area contributed by atoms with Gasteiger partial charge in [-0.2, -0.15) is 0 Å². The number of alkyl halides is 2. The quantitative estimate of drug-likeness (QED) is 0.325. The molecule has 0 amide bonds. The van der Waals surface area contributed by atoms with Crippen LogP contribution in [-0.2, 0) is 9.59 Å². The fourth-order valence-corrected chi connectivity index (χ4v) is 2.73. The number of hydrogen-bond acceptors (Lipinski definition) is 3. The summed E-state index contributed by atoms with van der Waals surface area (Å²) in [5.41, 5.74) is 9.15. The second-order valence-electron chi connectivity index (χ2n) is 7.92. The van der Waals surface area contributed by atoms with Crippen LogP contribution in [0.2, 0.25) is 0 Å². The van der Waals surface area contributed by atoms with E-state index >= 15 is 0 Å². The number of hydrogen-bond donors (Lipinski definition) is 1. The van der Waals surface area contributed by atoms with Crippen LogP contribution in [0.4, 0.5) is 8.78 Å². The van der Waals surface area contributed by atoms with Crippen LogP contribution in [0.25, 0.3) is 5.57 Å². The Balaban J connectivity index is 0.000000649. The number of nitrogens with two attached hydrogens (primary N) is 1. The van der Waals surface area contributed by atoms with Crippen LogP contribution in [0, 0.1) is 6.92 Å². The SMILES string of the molecule is C=C(/C(=C\C=C(/C)N)C(C)(F)F)c1ccc(C)cc1.CCCC(=O)/C(C)=C(/C)C(=O)CC. The fourth-order valence-electron chi connectivity index (χ4n) is 2.73. The summed E-state index contributed by atoms with van der Waals surface area (Å²) in [6.45, 7) is 15.5. The van der Waals surface area contributed by atoms with Crippen molar-refractivity contribution < 1.29 is 18.4 Å². The number of allylic oxidation sites excluding steroid dienone is 7. The average molecular weight is 446 g/mol. The van der Waals surface area contributed by atoms with E-state index in [4.69, 9.17) is 5.73 Å². The zero-order chi connectivity index (χ0) is 25.1. The van der Waals surface area contributed by atoms with Gasteiger partial charge in [0.1, 0.15) is 0 Å². The lowest BCUT2D eigenvalue weighted by molar-refractivity contribution is -0.118. The van der Waals surface area contributed by atoms with E-state index < -0.39 is 5.92 Å². The van der Waals surface area contributed by atoms with Crippen LogP contribution >= 0.6 is 0 Å². The number of rotatable bonds is 9. The molecule has 0 aliphatic heterocycles. The third kappa shape index (κ3) is 9.99. The summed E-state index contributed by atoms with van der Waals surface area (Å²) in [5.74, 6) is -2.79. The van der Waals surface area contributed by atoms with Crippen LogP contribution in [0.1, 0.15) is 71.9 Å². The normalized spacial score (nSPS) is 13.0. The molecule has 1 aromatic rings. The van der Waals surface area contributed by atoms with Crippen LogP contribution in [-0.4, -0.2) is 17.5 Å². The first-order chi connectivity index (χ1) is 14.8. The highest BCUT2D eigenvalue weighted by Gasteiger charge is 2.29. The van der Waals surface area contributed by atoms with Gasteiger partial charge in [-0.1, -0.05) is 56.3 Å². The van der Waals surface area contributed by atoms with Crippen molar-refractivity contribution in [3.05, 3.63) is 76.5 Å². The molecule has 0 fully saturated rings. The molecule has 0 aliphatic carbocycles. The first kappa shape index (κ1) is 29.2. The summed E-state index contributed by atoms with van der Waals surface area (Å²) in [6, 6.07) is 7.32. The molecular weight excluding hydrogens is 408 g/mol. The maximum Gasteiger partial charge on any atom is 0.271 e. The van der Waals surface area contributed by atoms with Crippen molar-refractivity contribution in [3.8, 4) is 0 Å². The van der Waals surface area contributed by atoms with Gasteiger partial charge in [0.15, 0.2) is 11.6 Å². The molecule has 0 unspecified atom stereocenters. The third-order valence-corrected chi connectivity index (χ3v) is 4.91. The molecule has 0 saturated carbocycles. The molecule has 0 bridgehead atoms. The van der Waals surface area contributed by atoms with Gasteiger partial charge in [0.05, 0.1) is 0 Å². The number of aryl methyl sites for hydroxylation is 1. The average Bonchev–Trinajstić information content (AvgIpc) is 2.72. The fraction of sp³-hybridized carbons (Fsp3) is 0.407. The highest BCUT2D eigenvalue weighted by atomic mass is 19.3. The van der Waals surface area contributed by atoms with Gasteiger partial charge >= 0.3 is 0 Å². The van der Waals surface area contributed by atoms with Gasteiger partial charge in [-0.25, -0.2) is 8.78 Å². The van der Waals surface area contributed by atoms with Crippen molar-refractivity contribution >= 4 is 17.1 Å². The lowest BCUT2D eigenvalue weighted by atomic mass is 9.94. The van der Waals surface area contributed by atoms with E-state index in [1.165, 1.54) is 12.2 Å². The van der Waals surface area contributed by atoms with Crippen LogP contribution in [0.15, 0.2) is 65.4 Å². The van der Waals surface area contributed by atoms with E-state index in [2.05, 4.69) is 6.58 Å². The molecule has 5 heteroatoms. The number of halogens is 2. The minimum atomic E-state index is -2.96. The van der Waals surface area contributed by atoms with Gasteiger partial charge in [0.25, 0.3) is 5.92 Å². The standard InChI is InChI=1S/C16H19F2N.C11H18O2/c1-11-5-8-14(9-6-11)13(3)15(16(4,17)18)10-7-12(2)19;1-5-7-11(13)9(4)8(3)10(12)6-2/h5-10H,3,19H2,1-2,4H3;5-7H2,1-4H3/b12-7+,15-10+;9-8-. The van der Waals surface area contributed by atoms with Gasteiger partial charge in [0, 0.05) is 31.0 Å². The van der Waals surface area contributed by atoms with E-state index in [0.29, 0.717) is 40.8 Å². The maximum atomic E-state index is 13.7. The molecule has 0 aliphatic rings. The second-order valence-corrected chi connectivity index (χ2v) is 7.92. The number of benzene rings is 1. The minimum absolute atomic E-state index is 0.0713. The molecule has 3 nitrogen and oxygen atoms in total. The van der Waals surface area contributed by atoms with Gasteiger partial charge in [-0.05, 0) is 62.5 Å². The molecule has 32 heavy (non-hydrogen) atoms. The maximum absolute atomic E-state index is 13.7. The van der Waals surface area contributed by atoms with E-state index in [9.17, 15) is 18.4 Å². The molecule has 176 valence electrons. The van der Waals surface area contributed by atoms with E-state index in [-0.39, 0.29) is 17.1 Å². The highest BCUT2D eigenvalue weighted by Crippen LogP contribution is 2.34. The lowest BCUT2D eigenvalue weighted by Crippen LogP contribution is -2.15. The number of ketones is 2. The summed E-state index contributed by atoms with van der Waals surface area (Å²) in [7, 11) is 0. The van der Waals surface area contributed by atoms with Crippen molar-refractivity contribution in [2.45, 2.75) is 73.7 Å². The largest absolute Gasteiger partial charge is 0.402 e. The van der Waals surface area contributed by atoms with Crippen LogP contribution in [0.3, 0.4) is 0 Å². The first-order valence-electron chi connectivity index (χ1n) is 10.8. The van der Waals surface area contributed by atoms with Gasteiger partial charge in [-0.15, -0.1) is 0 Å². The Bertz CT molecular complexity index is 895. The Hall–Kier alpha value is -2.82. The predicted octanol–water partition coefficient (Wildman–Crippen LogP) is 7.12. The van der Waals surface area contributed by atoms with Crippen LogP contribution in [0.5, 0.6) is 0 Å². The minimum Gasteiger partial charge on any atom is -0.402 e. The van der Waals surface area contributed by atoms with Crippen molar-refractivity contribution in [2.75, 3.05) is 0 Å². The monoisotopic (exact) mass is 445 g/mol. The number of carbonyl (C=O) groups excluding carboxylic acids is 2. The van der Waals surface area contributed by atoms with E-state index in [1.807, 2.05) is 32.9 Å². The molecule has 1 aromatic carbocycles. The van der Waals surface area contributed by atoms with Gasteiger partial charge < -0.3 is 5.73 Å².